The van der Waals surface area contributed by atoms with E-state index in [-0.39, 0.29) is 19.4 Å². The van der Waals surface area contributed by atoms with E-state index in [4.69, 9.17) is 15.2 Å². The van der Waals surface area contributed by atoms with E-state index in [9.17, 15) is 19.2 Å². The lowest BCUT2D eigenvalue weighted by Gasteiger charge is -2.34. The predicted molar refractivity (Wildman–Crippen MR) is 163 cm³/mol. The maximum atomic E-state index is 14.2. The van der Waals surface area contributed by atoms with Crippen LogP contribution in [0.3, 0.4) is 0 Å². The molecule has 0 saturated heterocycles. The molecule has 2 aromatic rings. The van der Waals surface area contributed by atoms with Gasteiger partial charge in [-0.3, -0.25) is 14.4 Å². The summed E-state index contributed by atoms with van der Waals surface area (Å²) >= 11 is 0. The molecule has 4 N–H and O–H groups in total. The average Bonchev–Trinajstić information content (AvgIpc) is 2.94. The smallest absolute Gasteiger partial charge is 0.408 e. The zero-order valence-electron chi connectivity index (χ0n) is 25.5. The highest BCUT2D eigenvalue weighted by molar-refractivity contribution is 5.99. The van der Waals surface area contributed by atoms with Crippen molar-refractivity contribution in [1.29, 1.82) is 0 Å². The molecule has 0 fully saturated rings. The second-order valence-corrected chi connectivity index (χ2v) is 11.2. The largest absolute Gasteiger partial charge is 0.497 e. The van der Waals surface area contributed by atoms with Crippen molar-refractivity contribution in [3.05, 3.63) is 60.2 Å². The van der Waals surface area contributed by atoms with Crippen LogP contribution < -0.4 is 21.1 Å². The molecule has 2 atom stereocenters. The third-order valence-electron chi connectivity index (χ3n) is 6.49. The van der Waals surface area contributed by atoms with Gasteiger partial charge in [0, 0.05) is 18.7 Å². The molecule has 0 heterocycles. The molecule has 4 amide bonds. The predicted octanol–water partition coefficient (Wildman–Crippen LogP) is 5.33. The number of amides is 4. The topological polar surface area (TPSA) is 140 Å². The molecule has 2 rings (SSSR count). The van der Waals surface area contributed by atoms with Gasteiger partial charge in [0.05, 0.1) is 7.11 Å². The minimum Gasteiger partial charge on any atom is -0.497 e. The van der Waals surface area contributed by atoms with Crippen LogP contribution in [0.1, 0.15) is 84.2 Å². The number of alkyl carbamates (subject to hydrolysis) is 1. The van der Waals surface area contributed by atoms with Crippen LogP contribution in [0.15, 0.2) is 54.6 Å². The van der Waals surface area contributed by atoms with Crippen molar-refractivity contribution in [3.63, 3.8) is 0 Å². The number of ether oxygens (including phenoxy) is 2. The van der Waals surface area contributed by atoms with Crippen molar-refractivity contribution in [2.24, 2.45) is 5.73 Å². The highest BCUT2D eigenvalue weighted by Crippen LogP contribution is 2.26. The van der Waals surface area contributed by atoms with Crippen LogP contribution in [0, 0.1) is 0 Å². The van der Waals surface area contributed by atoms with Crippen LogP contribution in [-0.2, 0) is 19.1 Å². The highest BCUT2D eigenvalue weighted by atomic mass is 16.6. The lowest BCUT2D eigenvalue weighted by molar-refractivity contribution is -0.141. The Kier molecular flexibility index (Phi) is 13.8. The summed E-state index contributed by atoms with van der Waals surface area (Å²) in [4.78, 5) is 54.1. The lowest BCUT2D eigenvalue weighted by atomic mass is 10.0. The minimum atomic E-state index is -1.14. The Balaban J connectivity index is 2.48. The zero-order chi connectivity index (χ0) is 31.1. The molecule has 0 aliphatic carbocycles. The van der Waals surface area contributed by atoms with Gasteiger partial charge in [-0.2, -0.15) is 0 Å². The summed E-state index contributed by atoms with van der Waals surface area (Å²) in [6.07, 6.45) is 3.67. The minimum absolute atomic E-state index is 0.0403. The average molecular weight is 583 g/mol. The van der Waals surface area contributed by atoms with Crippen LogP contribution >= 0.6 is 0 Å². The van der Waals surface area contributed by atoms with Gasteiger partial charge < -0.3 is 30.7 Å². The molecule has 0 bridgehead atoms. The second-order valence-electron chi connectivity index (χ2n) is 11.2. The summed E-state index contributed by atoms with van der Waals surface area (Å²) in [6.45, 7) is 7.52. The molecular weight excluding hydrogens is 536 g/mol. The standard InChI is InChI=1S/C32H46N4O6/c1-6-7-8-9-13-22-36(30(39)26(20-21-27(33)37)35-31(40)42-32(2,3)4)28(23-14-11-10-12-15-23)29(38)34-24-16-18-25(41-5)19-17-24/h10-12,14-19,26,28H,6-9,13,20-22H2,1-5H3,(H2,33,37)(H,34,38)(H,35,40). The molecule has 0 aliphatic rings. The number of carbonyl (C=O) groups is 4. The first kappa shape index (κ1) is 34.1. The summed E-state index contributed by atoms with van der Waals surface area (Å²) in [5.41, 5.74) is 5.74. The summed E-state index contributed by atoms with van der Waals surface area (Å²) < 4.78 is 10.6. The highest BCUT2D eigenvalue weighted by Gasteiger charge is 2.36. The van der Waals surface area contributed by atoms with Crippen LogP contribution in [0.2, 0.25) is 0 Å². The molecule has 10 nitrogen and oxygen atoms in total. The molecular formula is C32H46N4O6. The van der Waals surface area contributed by atoms with Gasteiger partial charge >= 0.3 is 6.09 Å². The number of rotatable bonds is 16. The van der Waals surface area contributed by atoms with E-state index < -0.39 is 41.5 Å². The van der Waals surface area contributed by atoms with Gasteiger partial charge in [-0.15, -0.1) is 0 Å². The van der Waals surface area contributed by atoms with Crippen molar-refractivity contribution in [1.82, 2.24) is 10.2 Å². The quantitative estimate of drug-likeness (QED) is 0.229. The number of hydrogen-bond acceptors (Lipinski definition) is 6. The van der Waals surface area contributed by atoms with Gasteiger partial charge in [-0.1, -0.05) is 62.9 Å². The molecule has 2 unspecified atom stereocenters. The Morgan fingerprint density at radius 1 is 0.929 bits per heavy atom. The fourth-order valence-corrected chi connectivity index (χ4v) is 4.44. The maximum absolute atomic E-state index is 14.2. The normalized spacial score (nSPS) is 12.5. The van der Waals surface area contributed by atoms with Crippen LogP contribution in [0.4, 0.5) is 10.5 Å². The number of carbonyl (C=O) groups excluding carboxylic acids is 4. The fraction of sp³-hybridized carbons (Fsp3) is 0.500. The molecule has 0 saturated carbocycles. The Labute approximate surface area is 249 Å². The molecule has 0 radical (unpaired) electrons. The van der Waals surface area contributed by atoms with E-state index in [1.165, 1.54) is 4.90 Å². The first-order valence-corrected chi connectivity index (χ1v) is 14.5. The van der Waals surface area contributed by atoms with E-state index in [1.807, 2.05) is 6.07 Å². The molecule has 2 aromatic carbocycles. The summed E-state index contributed by atoms with van der Waals surface area (Å²) in [6, 6.07) is 13.8. The van der Waals surface area contributed by atoms with Crippen molar-refractivity contribution in [3.8, 4) is 5.75 Å². The van der Waals surface area contributed by atoms with E-state index in [1.54, 1.807) is 76.4 Å². The van der Waals surface area contributed by atoms with Crippen molar-refractivity contribution in [2.75, 3.05) is 19.0 Å². The SMILES string of the molecule is CCCCCCCN(C(=O)C(CCC(N)=O)NC(=O)OC(C)(C)C)C(C(=O)Nc1ccc(OC)cc1)c1ccccc1. The third kappa shape index (κ3) is 11.8. The number of nitrogens with one attached hydrogen (secondary N) is 2. The van der Waals surface area contributed by atoms with E-state index in [2.05, 4.69) is 17.6 Å². The number of benzene rings is 2. The maximum Gasteiger partial charge on any atom is 0.408 e. The molecule has 0 aromatic heterocycles. The number of unbranched alkanes of at least 4 members (excludes halogenated alkanes) is 4. The molecule has 42 heavy (non-hydrogen) atoms. The van der Waals surface area contributed by atoms with Gasteiger partial charge in [-0.25, -0.2) is 4.79 Å². The molecule has 0 aliphatic heterocycles. The second kappa shape index (κ2) is 17.0. The summed E-state index contributed by atoms with van der Waals surface area (Å²) in [7, 11) is 1.56. The van der Waals surface area contributed by atoms with Crippen LogP contribution in [-0.4, -0.2) is 54.0 Å². The third-order valence-corrected chi connectivity index (χ3v) is 6.49. The van der Waals surface area contributed by atoms with Crippen LogP contribution in [0.25, 0.3) is 0 Å². The molecule has 10 heteroatoms. The van der Waals surface area contributed by atoms with Gasteiger partial charge in [0.2, 0.25) is 11.8 Å². The number of nitrogens with two attached hydrogens (primary N) is 1. The number of anilines is 1. The summed E-state index contributed by atoms with van der Waals surface area (Å²) in [5.74, 6) is -0.890. The van der Waals surface area contributed by atoms with Gasteiger partial charge in [0.1, 0.15) is 23.4 Å². The Morgan fingerprint density at radius 2 is 1.57 bits per heavy atom. The summed E-state index contributed by atoms with van der Waals surface area (Å²) in [5, 5.41) is 5.55. The molecule has 0 spiro atoms. The van der Waals surface area contributed by atoms with E-state index >= 15 is 0 Å². The fourth-order valence-electron chi connectivity index (χ4n) is 4.44. The van der Waals surface area contributed by atoms with Gasteiger partial charge in [-0.05, 0) is 63.4 Å². The lowest BCUT2D eigenvalue weighted by Crippen LogP contribution is -2.52. The number of methoxy groups -OCH3 is 1. The Hall–Kier alpha value is -4.08. The number of primary amides is 1. The van der Waals surface area contributed by atoms with E-state index in [0.29, 0.717) is 23.4 Å². The monoisotopic (exact) mass is 582 g/mol. The number of nitrogens with zero attached hydrogens (tertiary/aromatic N) is 1. The number of hydrogen-bond donors (Lipinski definition) is 3. The van der Waals surface area contributed by atoms with E-state index in [0.717, 1.165) is 25.7 Å². The van der Waals surface area contributed by atoms with Crippen molar-refractivity contribution >= 4 is 29.5 Å². The van der Waals surface area contributed by atoms with Crippen molar-refractivity contribution < 1.29 is 28.7 Å². The first-order valence-electron chi connectivity index (χ1n) is 14.5. The van der Waals surface area contributed by atoms with Gasteiger partial charge in [0.15, 0.2) is 0 Å². The first-order chi connectivity index (χ1) is 19.9. The van der Waals surface area contributed by atoms with Gasteiger partial charge in [0.25, 0.3) is 5.91 Å². The molecule has 230 valence electrons. The van der Waals surface area contributed by atoms with Crippen LogP contribution in [0.5, 0.6) is 5.75 Å². The van der Waals surface area contributed by atoms with Crippen molar-refractivity contribution in [2.45, 2.75) is 90.3 Å². The Bertz CT molecular complexity index is 1150. The Morgan fingerprint density at radius 3 is 2.14 bits per heavy atom. The zero-order valence-corrected chi connectivity index (χ0v) is 25.5.